The molecule has 0 radical (unpaired) electrons. The molecule has 6 nitrogen and oxygen atoms in total. The number of benzene rings is 2. The number of nitrogens with zero attached hydrogens (tertiary/aromatic N) is 2. The number of amides is 2. The number of carbonyl (C=O) groups excluding carboxylic acids is 2. The van der Waals surface area contributed by atoms with E-state index in [0.717, 1.165) is 23.1 Å². The van der Waals surface area contributed by atoms with Gasteiger partial charge in [0.15, 0.2) is 6.10 Å². The predicted octanol–water partition coefficient (Wildman–Crippen LogP) is 3.73. The smallest absolute Gasteiger partial charge is 0.263 e. The molecule has 2 amide bonds. The maximum Gasteiger partial charge on any atom is 0.263 e. The third-order valence-electron chi connectivity index (χ3n) is 6.38. The van der Waals surface area contributed by atoms with Gasteiger partial charge in [0.25, 0.3) is 5.91 Å². The van der Waals surface area contributed by atoms with Gasteiger partial charge >= 0.3 is 0 Å². The van der Waals surface area contributed by atoms with Crippen LogP contribution >= 0.6 is 0 Å². The Balaban J connectivity index is 1.65. The van der Waals surface area contributed by atoms with E-state index in [1.807, 2.05) is 43.0 Å². The van der Waals surface area contributed by atoms with Gasteiger partial charge in [-0.05, 0) is 53.8 Å². The van der Waals surface area contributed by atoms with E-state index in [1.54, 1.807) is 11.0 Å². The average Bonchev–Trinajstić information content (AvgIpc) is 2.86. The Morgan fingerprint density at radius 3 is 2.61 bits per heavy atom. The lowest BCUT2D eigenvalue weighted by molar-refractivity contribution is -0.143. The van der Waals surface area contributed by atoms with Crippen LogP contribution in [0.3, 0.4) is 0 Å². The first kappa shape index (κ1) is 23.2. The molecule has 4 rings (SSSR count). The maximum atomic E-state index is 14.1. The molecule has 0 aromatic heterocycles. The van der Waals surface area contributed by atoms with Crippen LogP contribution in [0.1, 0.15) is 49.4 Å². The summed E-state index contributed by atoms with van der Waals surface area (Å²) in [5.74, 6) is 0.227. The Hall–Kier alpha value is -2.93. The molecular weight excluding hydrogens is 423 g/mol. The van der Waals surface area contributed by atoms with Crippen LogP contribution in [0, 0.1) is 5.82 Å². The van der Waals surface area contributed by atoms with Crippen molar-refractivity contribution >= 4 is 11.8 Å². The molecule has 0 bridgehead atoms. The second kappa shape index (κ2) is 10.3. The fourth-order valence-electron chi connectivity index (χ4n) is 4.63. The second-order valence-corrected chi connectivity index (χ2v) is 8.46. The van der Waals surface area contributed by atoms with E-state index in [9.17, 15) is 14.0 Å². The topological polar surface area (TPSA) is 59.1 Å². The largest absolute Gasteiger partial charge is 0.481 e. The van der Waals surface area contributed by atoms with Gasteiger partial charge in [-0.2, -0.15) is 0 Å². The number of morpholine rings is 1. The molecule has 7 heteroatoms. The normalized spacial score (nSPS) is 19.1. The Morgan fingerprint density at radius 1 is 1.12 bits per heavy atom. The van der Waals surface area contributed by atoms with E-state index < -0.39 is 12.1 Å². The van der Waals surface area contributed by atoms with E-state index in [-0.39, 0.29) is 17.6 Å². The minimum Gasteiger partial charge on any atom is -0.481 e. The summed E-state index contributed by atoms with van der Waals surface area (Å²) in [5.41, 5.74) is 2.75. The summed E-state index contributed by atoms with van der Waals surface area (Å²) in [6.45, 7) is 6.56. The van der Waals surface area contributed by atoms with Gasteiger partial charge in [-0.3, -0.25) is 9.59 Å². The number of ether oxygens (including phenoxy) is 2. The van der Waals surface area contributed by atoms with Crippen LogP contribution in [0.4, 0.5) is 4.39 Å². The predicted molar refractivity (Wildman–Crippen MR) is 122 cm³/mol. The monoisotopic (exact) mass is 454 g/mol. The first-order valence-electron chi connectivity index (χ1n) is 11.7. The number of rotatable bonds is 6. The average molecular weight is 455 g/mol. The maximum absolute atomic E-state index is 14.1. The molecular formula is C26H31FN2O4. The van der Waals surface area contributed by atoms with Gasteiger partial charge in [-0.1, -0.05) is 32.0 Å². The highest BCUT2D eigenvalue weighted by Crippen LogP contribution is 2.38. The summed E-state index contributed by atoms with van der Waals surface area (Å²) < 4.78 is 25.6. The Kier molecular flexibility index (Phi) is 7.28. The van der Waals surface area contributed by atoms with Crippen LogP contribution in [0.15, 0.2) is 42.5 Å². The van der Waals surface area contributed by atoms with Crippen molar-refractivity contribution in [2.24, 2.45) is 0 Å². The third kappa shape index (κ3) is 5.03. The quantitative estimate of drug-likeness (QED) is 0.668. The molecule has 0 spiro atoms. The van der Waals surface area contributed by atoms with Crippen molar-refractivity contribution in [1.29, 1.82) is 0 Å². The van der Waals surface area contributed by atoms with E-state index >= 15 is 0 Å². The van der Waals surface area contributed by atoms with Crippen LogP contribution in [0.5, 0.6) is 5.75 Å². The first-order chi connectivity index (χ1) is 16.0. The van der Waals surface area contributed by atoms with Crippen LogP contribution in [0.25, 0.3) is 0 Å². The molecule has 2 aromatic rings. The van der Waals surface area contributed by atoms with Crippen molar-refractivity contribution in [1.82, 2.24) is 9.80 Å². The fraction of sp³-hybridized carbons (Fsp3) is 0.462. The highest BCUT2D eigenvalue weighted by atomic mass is 19.1. The molecule has 2 heterocycles. The van der Waals surface area contributed by atoms with Crippen LogP contribution < -0.4 is 4.74 Å². The summed E-state index contributed by atoms with van der Waals surface area (Å²) in [7, 11) is 0. The number of hydrogen-bond donors (Lipinski definition) is 0. The van der Waals surface area contributed by atoms with Crippen molar-refractivity contribution in [3.8, 4) is 5.75 Å². The molecule has 2 atom stereocenters. The minimum absolute atomic E-state index is 0.0233. The standard InChI is InChI=1S/C26H31FN2O4/c1-3-23(26(31)28-12-14-32-15-13-28)33-21-9-8-18-10-11-29(24(30)4-2)25(22(18)17-21)19-6-5-7-20(27)16-19/h5-9,16-17,23,25H,3-4,10-15H2,1-2H3/t23-,25+/m0/s1. The molecule has 0 saturated carbocycles. The second-order valence-electron chi connectivity index (χ2n) is 8.46. The highest BCUT2D eigenvalue weighted by molar-refractivity contribution is 5.81. The molecule has 0 unspecified atom stereocenters. The Bertz CT molecular complexity index is 1010. The number of fused-ring (bicyclic) bond motifs is 1. The van der Waals surface area contributed by atoms with Crippen molar-refractivity contribution in [2.75, 3.05) is 32.8 Å². The number of halogens is 1. The Labute approximate surface area is 194 Å². The number of hydrogen-bond acceptors (Lipinski definition) is 4. The van der Waals surface area contributed by atoms with Gasteiger partial charge in [0.2, 0.25) is 5.91 Å². The molecule has 2 aromatic carbocycles. The lowest BCUT2D eigenvalue weighted by atomic mass is 9.87. The minimum atomic E-state index is -0.592. The fourth-order valence-corrected chi connectivity index (χ4v) is 4.63. The summed E-state index contributed by atoms with van der Waals surface area (Å²) in [6.07, 6.45) is 1.05. The molecule has 1 fully saturated rings. The van der Waals surface area contributed by atoms with E-state index in [1.165, 1.54) is 12.1 Å². The highest BCUT2D eigenvalue weighted by Gasteiger charge is 2.33. The van der Waals surface area contributed by atoms with Gasteiger partial charge in [0.1, 0.15) is 11.6 Å². The molecule has 2 aliphatic heterocycles. The zero-order valence-corrected chi connectivity index (χ0v) is 19.3. The molecule has 0 aliphatic carbocycles. The van der Waals surface area contributed by atoms with Gasteiger partial charge in [-0.25, -0.2) is 4.39 Å². The van der Waals surface area contributed by atoms with Gasteiger partial charge in [0, 0.05) is 26.1 Å². The van der Waals surface area contributed by atoms with E-state index in [4.69, 9.17) is 9.47 Å². The van der Waals surface area contributed by atoms with Crippen LogP contribution in [0.2, 0.25) is 0 Å². The molecule has 33 heavy (non-hydrogen) atoms. The van der Waals surface area contributed by atoms with Gasteiger partial charge in [0.05, 0.1) is 19.3 Å². The van der Waals surface area contributed by atoms with Crippen molar-refractivity contribution in [3.63, 3.8) is 0 Å². The van der Waals surface area contributed by atoms with E-state index in [2.05, 4.69) is 0 Å². The summed E-state index contributed by atoms with van der Waals surface area (Å²) >= 11 is 0. The van der Waals surface area contributed by atoms with Gasteiger partial charge in [-0.15, -0.1) is 0 Å². The SMILES string of the molecule is CCC(=O)N1CCc2ccc(O[C@@H](CC)C(=O)N3CCOCC3)cc2[C@H]1c1cccc(F)c1. The molecule has 0 N–H and O–H groups in total. The Morgan fingerprint density at radius 2 is 1.91 bits per heavy atom. The molecule has 1 saturated heterocycles. The zero-order chi connectivity index (χ0) is 23.4. The summed E-state index contributed by atoms with van der Waals surface area (Å²) in [6, 6.07) is 11.8. The van der Waals surface area contributed by atoms with E-state index in [0.29, 0.717) is 51.4 Å². The van der Waals surface area contributed by atoms with Crippen LogP contribution in [-0.4, -0.2) is 60.6 Å². The van der Waals surface area contributed by atoms with Crippen LogP contribution in [-0.2, 0) is 20.7 Å². The van der Waals surface area contributed by atoms with Crippen molar-refractivity contribution in [2.45, 2.75) is 45.3 Å². The lowest BCUT2D eigenvalue weighted by Crippen LogP contribution is -2.47. The van der Waals surface area contributed by atoms with Crippen molar-refractivity contribution < 1.29 is 23.5 Å². The van der Waals surface area contributed by atoms with Gasteiger partial charge < -0.3 is 19.3 Å². The lowest BCUT2D eigenvalue weighted by Gasteiger charge is -2.38. The summed E-state index contributed by atoms with van der Waals surface area (Å²) in [5, 5.41) is 0. The zero-order valence-electron chi connectivity index (χ0n) is 19.3. The molecule has 2 aliphatic rings. The number of carbonyl (C=O) groups is 2. The van der Waals surface area contributed by atoms with Crippen molar-refractivity contribution in [3.05, 3.63) is 65.0 Å². The first-order valence-corrected chi connectivity index (χ1v) is 11.7. The molecule has 176 valence electrons. The summed E-state index contributed by atoms with van der Waals surface area (Å²) in [4.78, 5) is 29.3. The third-order valence-corrected chi connectivity index (χ3v) is 6.38.